The van der Waals surface area contributed by atoms with E-state index in [2.05, 4.69) is 20.5 Å². The van der Waals surface area contributed by atoms with Gasteiger partial charge >= 0.3 is 5.97 Å². The van der Waals surface area contributed by atoms with Crippen LogP contribution in [-0.2, 0) is 0 Å². The van der Waals surface area contributed by atoms with Crippen LogP contribution < -0.4 is 19.6 Å². The zero-order valence-electron chi connectivity index (χ0n) is 17.6. The zero-order valence-corrected chi connectivity index (χ0v) is 17.6. The molecular formula is C23H22N4O5. The molecule has 1 heterocycles. The number of esters is 1. The Bertz CT molecular complexity index is 1090. The van der Waals surface area contributed by atoms with Crippen molar-refractivity contribution < 1.29 is 23.8 Å². The van der Waals surface area contributed by atoms with Gasteiger partial charge in [0.15, 0.2) is 11.5 Å². The SMILES string of the molecule is CCCOc1ccc(C(=O)Oc2ccc(/C=N/NC(=O)c3cnccn3)cc2OC)cc1. The van der Waals surface area contributed by atoms with E-state index >= 15 is 0 Å². The maximum absolute atomic E-state index is 12.5. The molecule has 3 rings (SSSR count). The molecule has 0 spiro atoms. The number of hydrogen-bond acceptors (Lipinski definition) is 8. The minimum atomic E-state index is -0.525. The first-order valence-electron chi connectivity index (χ1n) is 9.83. The zero-order chi connectivity index (χ0) is 22.8. The molecule has 0 bridgehead atoms. The fourth-order valence-corrected chi connectivity index (χ4v) is 2.55. The third-order valence-electron chi connectivity index (χ3n) is 4.13. The van der Waals surface area contributed by atoms with E-state index < -0.39 is 11.9 Å². The van der Waals surface area contributed by atoms with Crippen LogP contribution in [-0.4, -0.2) is 41.8 Å². The van der Waals surface area contributed by atoms with Gasteiger partial charge in [0, 0.05) is 12.4 Å². The lowest BCUT2D eigenvalue weighted by molar-refractivity contribution is 0.0729. The average Bonchev–Trinajstić information content (AvgIpc) is 2.84. The van der Waals surface area contributed by atoms with Gasteiger partial charge in [-0.3, -0.25) is 9.78 Å². The second-order valence-electron chi connectivity index (χ2n) is 6.46. The predicted octanol–water partition coefficient (Wildman–Crippen LogP) is 3.26. The van der Waals surface area contributed by atoms with Gasteiger partial charge in [-0.2, -0.15) is 5.10 Å². The Balaban J connectivity index is 1.63. The summed E-state index contributed by atoms with van der Waals surface area (Å²) in [6.45, 7) is 2.63. The summed E-state index contributed by atoms with van der Waals surface area (Å²) in [5.74, 6) is 0.270. The molecule has 1 N–H and O–H groups in total. The number of hydrazone groups is 1. The number of aromatic nitrogens is 2. The lowest BCUT2D eigenvalue weighted by Crippen LogP contribution is -2.19. The average molecular weight is 434 g/mol. The first-order valence-corrected chi connectivity index (χ1v) is 9.83. The topological polar surface area (TPSA) is 112 Å². The highest BCUT2D eigenvalue weighted by Crippen LogP contribution is 2.28. The minimum absolute atomic E-state index is 0.148. The van der Waals surface area contributed by atoms with Gasteiger partial charge in [-0.25, -0.2) is 15.2 Å². The minimum Gasteiger partial charge on any atom is -0.494 e. The molecule has 0 radical (unpaired) electrons. The van der Waals surface area contributed by atoms with Crippen LogP contribution in [0.5, 0.6) is 17.2 Å². The molecule has 1 amide bonds. The van der Waals surface area contributed by atoms with E-state index in [-0.39, 0.29) is 11.4 Å². The highest BCUT2D eigenvalue weighted by molar-refractivity contribution is 5.93. The van der Waals surface area contributed by atoms with E-state index in [0.29, 0.717) is 29.2 Å². The Morgan fingerprint density at radius 2 is 1.91 bits per heavy atom. The molecule has 9 heteroatoms. The summed E-state index contributed by atoms with van der Waals surface area (Å²) in [7, 11) is 1.46. The summed E-state index contributed by atoms with van der Waals surface area (Å²) in [5.41, 5.74) is 3.52. The summed E-state index contributed by atoms with van der Waals surface area (Å²) in [4.78, 5) is 32.1. The smallest absolute Gasteiger partial charge is 0.343 e. The van der Waals surface area contributed by atoms with Gasteiger partial charge in [0.05, 0.1) is 31.7 Å². The van der Waals surface area contributed by atoms with E-state index in [4.69, 9.17) is 14.2 Å². The molecule has 0 atom stereocenters. The molecule has 0 aliphatic heterocycles. The van der Waals surface area contributed by atoms with Crippen LogP contribution in [0.2, 0.25) is 0 Å². The van der Waals surface area contributed by atoms with E-state index in [9.17, 15) is 9.59 Å². The van der Waals surface area contributed by atoms with Crippen LogP contribution in [0.25, 0.3) is 0 Å². The second-order valence-corrected chi connectivity index (χ2v) is 6.46. The van der Waals surface area contributed by atoms with Crippen LogP contribution in [0.1, 0.15) is 39.8 Å². The monoisotopic (exact) mass is 434 g/mol. The lowest BCUT2D eigenvalue weighted by Gasteiger charge is -2.10. The van der Waals surface area contributed by atoms with Crippen LogP contribution >= 0.6 is 0 Å². The molecule has 0 aliphatic carbocycles. The molecule has 3 aromatic rings. The van der Waals surface area contributed by atoms with E-state index in [1.807, 2.05) is 6.92 Å². The third-order valence-corrected chi connectivity index (χ3v) is 4.13. The first-order chi connectivity index (χ1) is 15.6. The van der Waals surface area contributed by atoms with Crippen LogP contribution in [0.3, 0.4) is 0 Å². The number of benzene rings is 2. The van der Waals surface area contributed by atoms with Gasteiger partial charge in [0.2, 0.25) is 0 Å². The molecule has 2 aromatic carbocycles. The number of carbonyl (C=O) groups excluding carboxylic acids is 2. The maximum atomic E-state index is 12.5. The van der Waals surface area contributed by atoms with Gasteiger partial charge in [0.1, 0.15) is 11.4 Å². The van der Waals surface area contributed by atoms with Crippen LogP contribution in [0.4, 0.5) is 0 Å². The predicted molar refractivity (Wildman–Crippen MR) is 117 cm³/mol. The number of carbonyl (C=O) groups is 2. The number of ether oxygens (including phenoxy) is 3. The van der Waals surface area contributed by atoms with Crippen LogP contribution in [0.15, 0.2) is 66.2 Å². The summed E-state index contributed by atoms with van der Waals surface area (Å²) >= 11 is 0. The molecule has 0 saturated heterocycles. The third kappa shape index (κ3) is 6.11. The summed E-state index contributed by atoms with van der Waals surface area (Å²) in [6.07, 6.45) is 6.55. The molecule has 0 unspecified atom stereocenters. The van der Waals surface area contributed by atoms with Crippen molar-refractivity contribution in [2.24, 2.45) is 5.10 Å². The first kappa shape index (κ1) is 22.4. The Kier molecular flexibility index (Phi) is 7.85. The Morgan fingerprint density at radius 1 is 1.09 bits per heavy atom. The number of nitrogens with one attached hydrogen (secondary N) is 1. The highest BCUT2D eigenvalue weighted by Gasteiger charge is 2.13. The number of nitrogens with zero attached hydrogens (tertiary/aromatic N) is 3. The van der Waals surface area contributed by atoms with Crippen molar-refractivity contribution in [3.63, 3.8) is 0 Å². The molecule has 1 aromatic heterocycles. The quantitative estimate of drug-likeness (QED) is 0.238. The van der Waals surface area contributed by atoms with E-state index in [1.165, 1.54) is 31.9 Å². The van der Waals surface area contributed by atoms with E-state index in [0.717, 1.165) is 6.42 Å². The number of rotatable bonds is 9. The molecular weight excluding hydrogens is 412 g/mol. The Morgan fingerprint density at radius 3 is 2.59 bits per heavy atom. The summed E-state index contributed by atoms with van der Waals surface area (Å²) in [5, 5.41) is 3.89. The van der Waals surface area contributed by atoms with Crippen molar-refractivity contribution in [2.75, 3.05) is 13.7 Å². The van der Waals surface area contributed by atoms with E-state index in [1.54, 1.807) is 42.5 Å². The Hall–Kier alpha value is -4.27. The molecule has 164 valence electrons. The van der Waals surface area contributed by atoms with Crippen molar-refractivity contribution in [1.82, 2.24) is 15.4 Å². The van der Waals surface area contributed by atoms with Gasteiger partial charge in [0.25, 0.3) is 5.91 Å². The fourth-order valence-electron chi connectivity index (χ4n) is 2.55. The van der Waals surface area contributed by atoms with Gasteiger partial charge in [-0.15, -0.1) is 0 Å². The number of hydrogen-bond donors (Lipinski definition) is 1. The second kappa shape index (κ2) is 11.2. The van der Waals surface area contributed by atoms with Gasteiger partial charge in [-0.05, 0) is 54.4 Å². The normalized spacial score (nSPS) is 10.6. The van der Waals surface area contributed by atoms with Crippen molar-refractivity contribution in [3.05, 3.63) is 77.9 Å². The fraction of sp³-hybridized carbons (Fsp3) is 0.174. The molecule has 0 fully saturated rings. The summed E-state index contributed by atoms with van der Waals surface area (Å²) in [6, 6.07) is 11.6. The highest BCUT2D eigenvalue weighted by atomic mass is 16.6. The van der Waals surface area contributed by atoms with Gasteiger partial charge in [-0.1, -0.05) is 6.92 Å². The molecule has 0 saturated carbocycles. The van der Waals surface area contributed by atoms with Crippen molar-refractivity contribution in [3.8, 4) is 17.2 Å². The number of amides is 1. The summed E-state index contributed by atoms with van der Waals surface area (Å²) < 4.78 is 16.3. The lowest BCUT2D eigenvalue weighted by atomic mass is 10.2. The van der Waals surface area contributed by atoms with Gasteiger partial charge < -0.3 is 14.2 Å². The molecule has 9 nitrogen and oxygen atoms in total. The van der Waals surface area contributed by atoms with Crippen molar-refractivity contribution in [2.45, 2.75) is 13.3 Å². The maximum Gasteiger partial charge on any atom is 0.343 e. The molecule has 32 heavy (non-hydrogen) atoms. The van der Waals surface area contributed by atoms with Crippen molar-refractivity contribution in [1.29, 1.82) is 0 Å². The standard InChI is InChI=1S/C23H22N4O5/c1-3-12-31-18-7-5-17(6-8-18)23(29)32-20-9-4-16(13-21(20)30-2)14-26-27-22(28)19-15-24-10-11-25-19/h4-11,13-15H,3,12H2,1-2H3,(H,27,28)/b26-14+. The van der Waals surface area contributed by atoms with Crippen molar-refractivity contribution >= 4 is 18.1 Å². The number of methoxy groups -OCH3 is 1. The largest absolute Gasteiger partial charge is 0.494 e. The molecule has 0 aliphatic rings. The van der Waals surface area contributed by atoms with Crippen LogP contribution in [0, 0.1) is 0 Å². The Labute approximate surface area is 185 Å².